The summed E-state index contributed by atoms with van der Waals surface area (Å²) >= 11 is 1.60. The number of anilines is 1. The second kappa shape index (κ2) is 5.00. The van der Waals surface area contributed by atoms with Crippen molar-refractivity contribution in [1.82, 2.24) is 10.3 Å². The molecule has 1 aromatic rings. The third-order valence-electron chi connectivity index (χ3n) is 3.66. The second-order valence-corrected chi connectivity index (χ2v) is 7.57. The van der Waals surface area contributed by atoms with Crippen LogP contribution in [0.3, 0.4) is 0 Å². The van der Waals surface area contributed by atoms with Crippen molar-refractivity contribution in [2.45, 2.75) is 57.6 Å². The Bertz CT molecular complexity index is 513. The van der Waals surface area contributed by atoms with Crippen molar-refractivity contribution in [3.8, 4) is 0 Å². The summed E-state index contributed by atoms with van der Waals surface area (Å²) in [4.78, 5) is 17.7. The van der Waals surface area contributed by atoms with Gasteiger partial charge >= 0.3 is 6.09 Å². The van der Waals surface area contributed by atoms with Crippen LogP contribution in [0.25, 0.3) is 0 Å². The van der Waals surface area contributed by atoms with E-state index in [4.69, 9.17) is 4.74 Å². The summed E-state index contributed by atoms with van der Waals surface area (Å²) in [6.07, 6.45) is 2.99. The SMILES string of the molecule is CC(C)(C)OC(=O)Nc1nc2c(s1)C1CCC(C2)NC1. The minimum atomic E-state index is -0.485. The van der Waals surface area contributed by atoms with Gasteiger partial charge in [-0.25, -0.2) is 9.78 Å². The number of aromatic nitrogens is 1. The molecule has 2 aliphatic heterocycles. The maximum atomic E-state index is 11.8. The molecule has 1 saturated heterocycles. The van der Waals surface area contributed by atoms with Gasteiger partial charge in [-0.2, -0.15) is 0 Å². The van der Waals surface area contributed by atoms with Gasteiger partial charge in [0.2, 0.25) is 0 Å². The normalized spacial score (nSPS) is 24.9. The lowest BCUT2D eigenvalue weighted by atomic mass is 9.97. The van der Waals surface area contributed by atoms with Gasteiger partial charge in [-0.15, -0.1) is 11.3 Å². The Hall–Kier alpha value is -1.14. The third kappa shape index (κ3) is 2.96. The van der Waals surface area contributed by atoms with Gasteiger partial charge in [-0.05, 0) is 33.6 Å². The molecule has 1 fully saturated rings. The number of hydrogen-bond donors (Lipinski definition) is 2. The van der Waals surface area contributed by atoms with Gasteiger partial charge in [0.15, 0.2) is 5.13 Å². The number of thiazole rings is 1. The van der Waals surface area contributed by atoms with Crippen LogP contribution in [0.5, 0.6) is 0 Å². The highest BCUT2D eigenvalue weighted by Crippen LogP contribution is 2.39. The fourth-order valence-electron chi connectivity index (χ4n) is 2.82. The van der Waals surface area contributed by atoms with Gasteiger partial charge in [0.05, 0.1) is 5.69 Å². The van der Waals surface area contributed by atoms with Crippen LogP contribution in [0.2, 0.25) is 0 Å². The molecule has 0 saturated carbocycles. The number of nitrogens with zero attached hydrogens (tertiary/aromatic N) is 1. The number of hydrogen-bond acceptors (Lipinski definition) is 5. The molecule has 1 aromatic heterocycles. The lowest BCUT2D eigenvalue weighted by Crippen LogP contribution is -2.36. The summed E-state index contributed by atoms with van der Waals surface area (Å²) in [5, 5.41) is 6.99. The van der Waals surface area contributed by atoms with Crippen LogP contribution < -0.4 is 10.6 Å². The molecular weight excluding hydrogens is 274 g/mol. The van der Waals surface area contributed by atoms with Crippen LogP contribution in [0.4, 0.5) is 9.93 Å². The summed E-state index contributed by atoms with van der Waals surface area (Å²) in [6, 6.07) is 0.545. The van der Waals surface area contributed by atoms with E-state index in [1.54, 1.807) is 11.3 Å². The number of piperidine rings is 1. The highest BCUT2D eigenvalue weighted by atomic mass is 32.1. The van der Waals surface area contributed by atoms with E-state index in [9.17, 15) is 4.79 Å². The fourth-order valence-corrected chi connectivity index (χ4v) is 3.93. The minimum absolute atomic E-state index is 0.426. The van der Waals surface area contributed by atoms with Crippen molar-refractivity contribution < 1.29 is 9.53 Å². The molecule has 5 nitrogen and oxygen atoms in total. The van der Waals surface area contributed by atoms with Crippen molar-refractivity contribution in [2.75, 3.05) is 11.9 Å². The third-order valence-corrected chi connectivity index (χ3v) is 4.84. The highest BCUT2D eigenvalue weighted by molar-refractivity contribution is 7.16. The Kier molecular flexibility index (Phi) is 3.46. The standard InChI is InChI=1S/C14H21N3O2S/c1-14(2,3)19-13(18)17-12-16-10-6-9-5-4-8(7-15-9)11(10)20-12/h8-9,15H,4-7H2,1-3H3,(H,16,17,18). The molecule has 2 atom stereocenters. The van der Waals surface area contributed by atoms with Crippen molar-refractivity contribution in [2.24, 2.45) is 0 Å². The van der Waals surface area contributed by atoms with Gasteiger partial charge in [0.1, 0.15) is 5.60 Å². The summed E-state index contributed by atoms with van der Waals surface area (Å²) in [6.45, 7) is 6.60. The van der Waals surface area contributed by atoms with Crippen molar-refractivity contribution in [3.63, 3.8) is 0 Å². The van der Waals surface area contributed by atoms with E-state index in [-0.39, 0.29) is 0 Å². The van der Waals surface area contributed by atoms with E-state index < -0.39 is 11.7 Å². The Morgan fingerprint density at radius 1 is 1.45 bits per heavy atom. The van der Waals surface area contributed by atoms with E-state index in [0.717, 1.165) is 18.7 Å². The van der Waals surface area contributed by atoms with Crippen molar-refractivity contribution in [3.05, 3.63) is 10.6 Å². The van der Waals surface area contributed by atoms with Gasteiger partial charge < -0.3 is 10.1 Å². The van der Waals surface area contributed by atoms with Crippen molar-refractivity contribution >= 4 is 22.6 Å². The predicted molar refractivity (Wildman–Crippen MR) is 79.4 cm³/mol. The van der Waals surface area contributed by atoms with Gasteiger partial charge in [-0.3, -0.25) is 5.32 Å². The monoisotopic (exact) mass is 295 g/mol. The Morgan fingerprint density at radius 2 is 2.25 bits per heavy atom. The molecule has 2 unspecified atom stereocenters. The first kappa shape index (κ1) is 13.8. The van der Waals surface area contributed by atoms with Gasteiger partial charge in [0, 0.05) is 29.8 Å². The Labute approximate surface area is 123 Å². The van der Waals surface area contributed by atoms with E-state index in [2.05, 4.69) is 15.6 Å². The zero-order chi connectivity index (χ0) is 14.3. The number of ether oxygens (including phenoxy) is 1. The van der Waals surface area contributed by atoms with E-state index in [0.29, 0.717) is 17.1 Å². The Morgan fingerprint density at radius 3 is 2.90 bits per heavy atom. The molecule has 3 aliphatic rings. The molecule has 0 radical (unpaired) electrons. The molecule has 110 valence electrons. The second-order valence-electron chi connectivity index (χ2n) is 6.54. The first-order valence-corrected chi connectivity index (χ1v) is 7.95. The van der Waals surface area contributed by atoms with E-state index in [1.807, 2.05) is 20.8 Å². The number of nitrogens with one attached hydrogen (secondary N) is 2. The van der Waals surface area contributed by atoms with E-state index >= 15 is 0 Å². The summed E-state index contributed by atoms with van der Waals surface area (Å²) < 4.78 is 5.26. The van der Waals surface area contributed by atoms with Gasteiger partial charge in [0.25, 0.3) is 0 Å². The summed E-state index contributed by atoms with van der Waals surface area (Å²) in [7, 11) is 0. The molecule has 0 aromatic carbocycles. The van der Waals surface area contributed by atoms with Crippen LogP contribution in [-0.4, -0.2) is 29.3 Å². The van der Waals surface area contributed by atoms with Crippen LogP contribution >= 0.6 is 11.3 Å². The molecule has 1 aliphatic carbocycles. The molecule has 0 spiro atoms. The van der Waals surface area contributed by atoms with Crippen LogP contribution in [0.15, 0.2) is 0 Å². The quantitative estimate of drug-likeness (QED) is 0.836. The molecule has 6 heteroatoms. The zero-order valence-electron chi connectivity index (χ0n) is 12.2. The number of amides is 1. The smallest absolute Gasteiger partial charge is 0.413 e. The highest BCUT2D eigenvalue weighted by Gasteiger charge is 2.32. The topological polar surface area (TPSA) is 63.2 Å². The molecule has 3 heterocycles. The number of carbonyl (C=O) groups excluding carboxylic acids is 1. The maximum absolute atomic E-state index is 11.8. The lowest BCUT2D eigenvalue weighted by Gasteiger charge is -2.24. The molecule has 1 amide bonds. The van der Waals surface area contributed by atoms with Crippen LogP contribution in [0, 0.1) is 0 Å². The lowest BCUT2D eigenvalue weighted by molar-refractivity contribution is 0.0636. The first-order valence-electron chi connectivity index (χ1n) is 7.14. The molecule has 20 heavy (non-hydrogen) atoms. The zero-order valence-corrected chi connectivity index (χ0v) is 13.0. The average Bonchev–Trinajstić information content (AvgIpc) is 2.55. The molecule has 2 N–H and O–H groups in total. The molecular formula is C14H21N3O2S. The number of carbonyl (C=O) groups is 1. The molecule has 4 rings (SSSR count). The van der Waals surface area contributed by atoms with Gasteiger partial charge in [-0.1, -0.05) is 0 Å². The van der Waals surface area contributed by atoms with Crippen LogP contribution in [-0.2, 0) is 11.2 Å². The minimum Gasteiger partial charge on any atom is -0.444 e. The molecule has 2 bridgehead atoms. The average molecular weight is 295 g/mol. The first-order chi connectivity index (χ1) is 9.40. The largest absolute Gasteiger partial charge is 0.444 e. The van der Waals surface area contributed by atoms with Crippen molar-refractivity contribution in [1.29, 1.82) is 0 Å². The number of fused-ring (bicyclic) bond motifs is 2. The fraction of sp³-hybridized carbons (Fsp3) is 0.714. The predicted octanol–water partition coefficient (Wildman–Crippen LogP) is 2.88. The van der Waals surface area contributed by atoms with Crippen LogP contribution in [0.1, 0.15) is 50.1 Å². The van der Waals surface area contributed by atoms with E-state index in [1.165, 1.54) is 17.7 Å². The Balaban J connectivity index is 1.73. The summed E-state index contributed by atoms with van der Waals surface area (Å²) in [5.41, 5.74) is 0.667. The maximum Gasteiger partial charge on any atom is 0.413 e. The number of rotatable bonds is 1. The summed E-state index contributed by atoms with van der Waals surface area (Å²) in [5.74, 6) is 0.551.